The molecule has 0 fully saturated rings. The van der Waals surface area contributed by atoms with Crippen molar-refractivity contribution in [3.8, 4) is 0 Å². The van der Waals surface area contributed by atoms with E-state index in [0.717, 1.165) is 11.1 Å². The van der Waals surface area contributed by atoms with E-state index in [1.807, 2.05) is 32.0 Å². The molecule has 0 bridgehead atoms. The number of hydrogen-bond donors (Lipinski definition) is 1. The van der Waals surface area contributed by atoms with Crippen LogP contribution in [0.4, 0.5) is 11.4 Å². The van der Waals surface area contributed by atoms with Gasteiger partial charge in [-0.3, -0.25) is 9.59 Å². The van der Waals surface area contributed by atoms with Crippen molar-refractivity contribution < 1.29 is 18.0 Å². The van der Waals surface area contributed by atoms with E-state index in [1.54, 1.807) is 19.1 Å². The lowest BCUT2D eigenvalue weighted by molar-refractivity contribution is -0.118. The second kappa shape index (κ2) is 8.16. The molecule has 0 unspecified atom stereocenters. The Morgan fingerprint density at radius 2 is 1.86 bits per heavy atom. The van der Waals surface area contributed by atoms with E-state index in [9.17, 15) is 18.0 Å². The first-order chi connectivity index (χ1) is 13.7. The van der Waals surface area contributed by atoms with E-state index >= 15 is 0 Å². The summed E-state index contributed by atoms with van der Waals surface area (Å²) in [6, 6.07) is 11.9. The van der Waals surface area contributed by atoms with Crippen molar-refractivity contribution in [1.82, 2.24) is 0 Å². The van der Waals surface area contributed by atoms with Gasteiger partial charge in [-0.25, -0.2) is 13.4 Å². The number of aryl methyl sites for hydroxylation is 2. The van der Waals surface area contributed by atoms with Crippen LogP contribution in [0.1, 0.15) is 30.9 Å². The molecule has 2 amide bonds. The van der Waals surface area contributed by atoms with Crippen LogP contribution in [-0.2, 0) is 19.4 Å². The number of carbonyl (C=O) groups excluding carboxylic acids is 2. The Morgan fingerprint density at radius 1 is 1.14 bits per heavy atom. The SMILES string of the molecule is CCS(=O)(=O)c1ccccc1NC(=O)C1=NN(c2cc(C)ccc2C)C(=O)CC1. The number of amides is 2. The van der Waals surface area contributed by atoms with Gasteiger partial charge in [-0.15, -0.1) is 0 Å². The number of hydrazone groups is 1. The fourth-order valence-corrected chi connectivity index (χ4v) is 4.09. The summed E-state index contributed by atoms with van der Waals surface area (Å²) >= 11 is 0. The van der Waals surface area contributed by atoms with Crippen molar-refractivity contribution in [1.29, 1.82) is 0 Å². The van der Waals surface area contributed by atoms with Gasteiger partial charge in [-0.1, -0.05) is 31.2 Å². The summed E-state index contributed by atoms with van der Waals surface area (Å²) in [4.78, 5) is 25.3. The number of hydrogen-bond acceptors (Lipinski definition) is 5. The van der Waals surface area contributed by atoms with Gasteiger partial charge in [-0.2, -0.15) is 5.10 Å². The first-order valence-corrected chi connectivity index (χ1v) is 11.0. The van der Waals surface area contributed by atoms with E-state index in [0.29, 0.717) is 5.69 Å². The van der Waals surface area contributed by atoms with Crippen molar-refractivity contribution in [2.75, 3.05) is 16.1 Å². The summed E-state index contributed by atoms with van der Waals surface area (Å²) in [5.74, 6) is -0.786. The van der Waals surface area contributed by atoms with Gasteiger partial charge in [0.05, 0.1) is 22.0 Å². The maximum absolute atomic E-state index is 12.8. The predicted molar refractivity (Wildman–Crippen MR) is 113 cm³/mol. The largest absolute Gasteiger partial charge is 0.320 e. The Balaban J connectivity index is 1.92. The van der Waals surface area contributed by atoms with Crippen molar-refractivity contribution in [2.45, 2.75) is 38.5 Å². The molecule has 0 radical (unpaired) electrons. The molecule has 1 N–H and O–H groups in total. The Hall–Kier alpha value is -3.00. The minimum Gasteiger partial charge on any atom is -0.320 e. The summed E-state index contributed by atoms with van der Waals surface area (Å²) in [5.41, 5.74) is 2.86. The topological polar surface area (TPSA) is 95.9 Å². The third-order valence-electron chi connectivity index (χ3n) is 4.74. The Morgan fingerprint density at radius 3 is 2.59 bits per heavy atom. The zero-order valence-corrected chi connectivity index (χ0v) is 17.4. The molecule has 1 heterocycles. The van der Waals surface area contributed by atoms with Gasteiger partial charge < -0.3 is 5.32 Å². The van der Waals surface area contributed by atoms with Gasteiger partial charge in [0, 0.05) is 12.8 Å². The molecule has 152 valence electrons. The molecule has 2 aromatic carbocycles. The average molecular weight is 413 g/mol. The standard InChI is InChI=1S/C21H23N3O4S/c1-4-29(27,28)19-8-6-5-7-16(19)22-21(26)17-11-12-20(25)24(23-17)18-13-14(2)9-10-15(18)3/h5-10,13H,4,11-12H2,1-3H3,(H,22,26). The van der Waals surface area contributed by atoms with E-state index in [4.69, 9.17) is 0 Å². The minimum absolute atomic E-state index is 0.0646. The maximum atomic E-state index is 12.8. The molecule has 7 nitrogen and oxygen atoms in total. The van der Waals surface area contributed by atoms with Gasteiger partial charge in [0.25, 0.3) is 5.91 Å². The summed E-state index contributed by atoms with van der Waals surface area (Å²) in [6.07, 6.45) is 0.337. The smallest absolute Gasteiger partial charge is 0.271 e. The van der Waals surface area contributed by atoms with Crippen molar-refractivity contribution in [3.63, 3.8) is 0 Å². The molecule has 2 aromatic rings. The van der Waals surface area contributed by atoms with Crippen LogP contribution in [0.5, 0.6) is 0 Å². The number of sulfone groups is 1. The number of carbonyl (C=O) groups is 2. The van der Waals surface area contributed by atoms with Crippen LogP contribution in [-0.4, -0.2) is 31.7 Å². The highest BCUT2D eigenvalue weighted by molar-refractivity contribution is 7.91. The lowest BCUT2D eigenvalue weighted by atomic mass is 10.1. The third kappa shape index (κ3) is 4.37. The second-order valence-electron chi connectivity index (χ2n) is 6.90. The fourth-order valence-electron chi connectivity index (χ4n) is 3.04. The highest BCUT2D eigenvalue weighted by Crippen LogP contribution is 2.26. The number of rotatable bonds is 5. The van der Waals surface area contributed by atoms with Gasteiger partial charge in [0.15, 0.2) is 9.84 Å². The quantitative estimate of drug-likeness (QED) is 0.814. The van der Waals surface area contributed by atoms with E-state index < -0.39 is 15.7 Å². The molecule has 0 aromatic heterocycles. The number of nitrogens with one attached hydrogen (secondary N) is 1. The van der Waals surface area contributed by atoms with Crippen molar-refractivity contribution in [2.24, 2.45) is 5.10 Å². The van der Waals surface area contributed by atoms with Crippen LogP contribution in [0.2, 0.25) is 0 Å². The third-order valence-corrected chi connectivity index (χ3v) is 6.52. The zero-order chi connectivity index (χ0) is 21.2. The van der Waals surface area contributed by atoms with Crippen molar-refractivity contribution >= 4 is 38.7 Å². The Kier molecular flexibility index (Phi) is 5.83. The molecule has 1 aliphatic rings. The fraction of sp³-hybridized carbons (Fsp3) is 0.286. The van der Waals surface area contributed by atoms with E-state index in [-0.39, 0.29) is 40.8 Å². The number of para-hydroxylation sites is 1. The number of benzene rings is 2. The first kappa shape index (κ1) is 20.7. The summed E-state index contributed by atoms with van der Waals surface area (Å²) in [6.45, 7) is 5.34. The molecule has 0 saturated heterocycles. The predicted octanol–water partition coefficient (Wildman–Crippen LogP) is 3.22. The first-order valence-electron chi connectivity index (χ1n) is 9.33. The van der Waals surface area contributed by atoms with Crippen LogP contribution in [0.3, 0.4) is 0 Å². The van der Waals surface area contributed by atoms with Crippen LogP contribution >= 0.6 is 0 Å². The highest BCUT2D eigenvalue weighted by atomic mass is 32.2. The van der Waals surface area contributed by atoms with Gasteiger partial charge in [0.2, 0.25) is 5.91 Å². The van der Waals surface area contributed by atoms with Crippen LogP contribution in [0.25, 0.3) is 0 Å². The minimum atomic E-state index is -3.50. The van der Waals surface area contributed by atoms with Gasteiger partial charge in [0.1, 0.15) is 5.71 Å². The molecule has 1 aliphatic heterocycles. The molecule has 0 saturated carbocycles. The maximum Gasteiger partial charge on any atom is 0.271 e. The van der Waals surface area contributed by atoms with E-state index in [2.05, 4.69) is 10.4 Å². The number of anilines is 2. The zero-order valence-electron chi connectivity index (χ0n) is 16.6. The molecular formula is C21H23N3O4S. The van der Waals surface area contributed by atoms with Gasteiger partial charge in [-0.05, 0) is 43.2 Å². The second-order valence-corrected chi connectivity index (χ2v) is 9.14. The monoisotopic (exact) mass is 413 g/mol. The van der Waals surface area contributed by atoms with Gasteiger partial charge >= 0.3 is 0 Å². The molecule has 0 spiro atoms. The molecule has 29 heavy (non-hydrogen) atoms. The molecule has 0 aliphatic carbocycles. The van der Waals surface area contributed by atoms with E-state index in [1.165, 1.54) is 17.1 Å². The number of nitrogens with zero attached hydrogens (tertiary/aromatic N) is 2. The molecule has 8 heteroatoms. The normalized spacial score (nSPS) is 14.5. The summed E-state index contributed by atoms with van der Waals surface area (Å²) < 4.78 is 24.6. The highest BCUT2D eigenvalue weighted by Gasteiger charge is 2.27. The molecule has 3 rings (SSSR count). The van der Waals surface area contributed by atoms with Crippen LogP contribution in [0.15, 0.2) is 52.5 Å². The Bertz CT molecular complexity index is 1110. The average Bonchev–Trinajstić information content (AvgIpc) is 2.70. The Labute approximate surface area is 170 Å². The summed E-state index contributed by atoms with van der Waals surface area (Å²) in [7, 11) is -3.50. The van der Waals surface area contributed by atoms with Crippen molar-refractivity contribution in [3.05, 3.63) is 53.6 Å². The lowest BCUT2D eigenvalue weighted by Crippen LogP contribution is -2.36. The van der Waals surface area contributed by atoms with Crippen LogP contribution in [0, 0.1) is 13.8 Å². The van der Waals surface area contributed by atoms with Crippen LogP contribution < -0.4 is 10.3 Å². The molecular weight excluding hydrogens is 390 g/mol. The summed E-state index contributed by atoms with van der Waals surface area (Å²) in [5, 5.41) is 8.19. The molecule has 0 atom stereocenters. The lowest BCUT2D eigenvalue weighted by Gasteiger charge is -2.25.